The van der Waals surface area contributed by atoms with Gasteiger partial charge in [-0.15, -0.1) is 0 Å². The highest BCUT2D eigenvalue weighted by molar-refractivity contribution is 5.77. The average Bonchev–Trinajstić information content (AvgIpc) is 2.16. The summed E-state index contributed by atoms with van der Waals surface area (Å²) in [6.45, 7) is 1.92. The van der Waals surface area contributed by atoms with Crippen molar-refractivity contribution >= 4 is 5.97 Å². The second-order valence-corrected chi connectivity index (χ2v) is 4.59. The normalized spacial score (nSPS) is 19.9. The molecule has 1 aromatic carbocycles. The Kier molecular flexibility index (Phi) is 2.70. The summed E-state index contributed by atoms with van der Waals surface area (Å²) in [7, 11) is 0. The van der Waals surface area contributed by atoms with Gasteiger partial charge in [0.05, 0.1) is 0 Å². The number of rotatable bonds is 3. The molecule has 0 saturated heterocycles. The van der Waals surface area contributed by atoms with Crippen LogP contribution in [0.15, 0.2) is 24.3 Å². The number of hydrogen-bond acceptors (Lipinski definition) is 1. The third-order valence-corrected chi connectivity index (χ3v) is 3.53. The quantitative estimate of drug-likeness (QED) is 0.852. The molecule has 0 amide bonds. The maximum Gasteiger partial charge on any atom is 0.312 e. The maximum absolute atomic E-state index is 14.2. The minimum Gasteiger partial charge on any atom is -0.481 e. The Bertz CT molecular complexity index is 393. The first kappa shape index (κ1) is 11.1. The Morgan fingerprint density at radius 2 is 1.94 bits per heavy atom. The maximum atomic E-state index is 14.2. The summed E-state index contributed by atoms with van der Waals surface area (Å²) in [5.74, 6) is -1.01. The molecular formula is C13H15FO2. The van der Waals surface area contributed by atoms with Crippen LogP contribution < -0.4 is 0 Å². The van der Waals surface area contributed by atoms with Crippen molar-refractivity contribution < 1.29 is 14.3 Å². The van der Waals surface area contributed by atoms with Crippen molar-refractivity contribution in [2.24, 2.45) is 5.41 Å². The third kappa shape index (κ3) is 1.60. The van der Waals surface area contributed by atoms with Gasteiger partial charge in [-0.3, -0.25) is 4.79 Å². The minimum atomic E-state index is -1.39. The van der Waals surface area contributed by atoms with Gasteiger partial charge in [0.2, 0.25) is 0 Å². The molecule has 0 heterocycles. The minimum absolute atomic E-state index is 0.442. The first-order valence-electron chi connectivity index (χ1n) is 5.50. The van der Waals surface area contributed by atoms with Gasteiger partial charge < -0.3 is 5.11 Å². The van der Waals surface area contributed by atoms with Gasteiger partial charge in [-0.05, 0) is 25.3 Å². The van der Waals surface area contributed by atoms with Crippen LogP contribution in [0, 0.1) is 12.3 Å². The monoisotopic (exact) mass is 222 g/mol. The Morgan fingerprint density at radius 1 is 1.38 bits per heavy atom. The molecule has 0 spiro atoms. The zero-order valence-electron chi connectivity index (χ0n) is 9.24. The van der Waals surface area contributed by atoms with Gasteiger partial charge in [0.15, 0.2) is 0 Å². The highest BCUT2D eigenvalue weighted by Gasteiger charge is 2.51. The molecule has 1 aliphatic rings. The molecule has 1 saturated carbocycles. The number of alkyl halides is 1. The number of hydrogen-bond donors (Lipinski definition) is 1. The highest BCUT2D eigenvalue weighted by Crippen LogP contribution is 2.52. The molecular weight excluding hydrogens is 207 g/mol. The lowest BCUT2D eigenvalue weighted by molar-refractivity contribution is -0.161. The Labute approximate surface area is 94.1 Å². The van der Waals surface area contributed by atoms with Gasteiger partial charge in [0.25, 0.3) is 0 Å². The molecule has 1 fully saturated rings. The first-order chi connectivity index (χ1) is 7.56. The molecule has 86 valence electrons. The highest BCUT2D eigenvalue weighted by atomic mass is 19.1. The second kappa shape index (κ2) is 3.89. The predicted octanol–water partition coefficient (Wildman–Crippen LogP) is 3.26. The van der Waals surface area contributed by atoms with Crippen molar-refractivity contribution in [2.75, 3.05) is 0 Å². The largest absolute Gasteiger partial charge is 0.481 e. The fourth-order valence-corrected chi connectivity index (χ4v) is 2.19. The van der Waals surface area contributed by atoms with Crippen LogP contribution in [0.4, 0.5) is 4.39 Å². The molecule has 0 aliphatic heterocycles. The zero-order chi connectivity index (χ0) is 11.8. The van der Waals surface area contributed by atoms with Crippen molar-refractivity contribution in [3.05, 3.63) is 35.4 Å². The van der Waals surface area contributed by atoms with E-state index in [4.69, 9.17) is 5.11 Å². The smallest absolute Gasteiger partial charge is 0.312 e. The van der Waals surface area contributed by atoms with Gasteiger partial charge in [0.1, 0.15) is 11.6 Å². The van der Waals surface area contributed by atoms with Crippen molar-refractivity contribution in [1.82, 2.24) is 0 Å². The van der Waals surface area contributed by atoms with Crippen LogP contribution in [0.25, 0.3) is 0 Å². The summed E-state index contributed by atoms with van der Waals surface area (Å²) in [5, 5.41) is 9.13. The number of aryl methyl sites for hydroxylation is 1. The van der Waals surface area contributed by atoms with Crippen LogP contribution in [-0.2, 0) is 4.79 Å². The van der Waals surface area contributed by atoms with Crippen molar-refractivity contribution in [2.45, 2.75) is 32.4 Å². The lowest BCUT2D eigenvalue weighted by Crippen LogP contribution is -2.41. The lowest BCUT2D eigenvalue weighted by Gasteiger charge is -2.40. The number of benzene rings is 1. The SMILES string of the molecule is Cc1ccc(C(F)C2(C(=O)O)CCC2)cc1. The van der Waals surface area contributed by atoms with Crippen LogP contribution in [-0.4, -0.2) is 11.1 Å². The predicted molar refractivity (Wildman–Crippen MR) is 58.9 cm³/mol. The Hall–Kier alpha value is -1.38. The van der Waals surface area contributed by atoms with E-state index in [0.29, 0.717) is 18.4 Å². The van der Waals surface area contributed by atoms with E-state index in [-0.39, 0.29) is 0 Å². The van der Waals surface area contributed by atoms with E-state index in [1.165, 1.54) is 0 Å². The van der Waals surface area contributed by atoms with E-state index in [0.717, 1.165) is 12.0 Å². The number of carboxylic acid groups (broad SMARTS) is 1. The summed E-state index contributed by atoms with van der Waals surface area (Å²) in [4.78, 5) is 11.1. The molecule has 0 radical (unpaired) electrons. The van der Waals surface area contributed by atoms with Gasteiger partial charge >= 0.3 is 5.97 Å². The van der Waals surface area contributed by atoms with Crippen LogP contribution in [0.5, 0.6) is 0 Å². The third-order valence-electron chi connectivity index (χ3n) is 3.53. The van der Waals surface area contributed by atoms with Crippen LogP contribution in [0.3, 0.4) is 0 Å². The zero-order valence-corrected chi connectivity index (χ0v) is 9.24. The van der Waals surface area contributed by atoms with Crippen LogP contribution in [0.2, 0.25) is 0 Å². The molecule has 16 heavy (non-hydrogen) atoms. The molecule has 1 aromatic rings. The van der Waals surface area contributed by atoms with E-state index < -0.39 is 17.6 Å². The lowest BCUT2D eigenvalue weighted by atomic mass is 9.64. The van der Waals surface area contributed by atoms with Crippen molar-refractivity contribution in [1.29, 1.82) is 0 Å². The molecule has 0 aromatic heterocycles. The van der Waals surface area contributed by atoms with Crippen molar-refractivity contribution in [3.63, 3.8) is 0 Å². The Balaban J connectivity index is 2.27. The molecule has 1 N–H and O–H groups in total. The fraction of sp³-hybridized carbons (Fsp3) is 0.462. The number of carboxylic acids is 1. The molecule has 2 nitrogen and oxygen atoms in total. The van der Waals surface area contributed by atoms with Crippen molar-refractivity contribution in [3.8, 4) is 0 Å². The van der Waals surface area contributed by atoms with Gasteiger partial charge in [-0.1, -0.05) is 36.2 Å². The van der Waals surface area contributed by atoms with E-state index >= 15 is 0 Å². The van der Waals surface area contributed by atoms with Gasteiger partial charge in [-0.2, -0.15) is 0 Å². The first-order valence-corrected chi connectivity index (χ1v) is 5.50. The molecule has 3 heteroatoms. The van der Waals surface area contributed by atoms with E-state index in [9.17, 15) is 9.18 Å². The number of aliphatic carboxylic acids is 1. The fourth-order valence-electron chi connectivity index (χ4n) is 2.19. The summed E-state index contributed by atoms with van der Waals surface area (Å²) in [6.07, 6.45) is 0.298. The second-order valence-electron chi connectivity index (χ2n) is 4.59. The Morgan fingerprint density at radius 3 is 2.31 bits per heavy atom. The summed E-state index contributed by atoms with van der Waals surface area (Å²) >= 11 is 0. The van der Waals surface area contributed by atoms with Gasteiger partial charge in [-0.25, -0.2) is 4.39 Å². The molecule has 1 unspecified atom stereocenters. The summed E-state index contributed by atoms with van der Waals surface area (Å²) in [5.41, 5.74) is 0.358. The summed E-state index contributed by atoms with van der Waals surface area (Å²) < 4.78 is 14.2. The number of halogens is 1. The topological polar surface area (TPSA) is 37.3 Å². The van der Waals surface area contributed by atoms with E-state index in [1.807, 2.05) is 19.1 Å². The molecule has 1 aliphatic carbocycles. The van der Waals surface area contributed by atoms with E-state index in [1.54, 1.807) is 12.1 Å². The van der Waals surface area contributed by atoms with Gasteiger partial charge in [0, 0.05) is 0 Å². The van der Waals surface area contributed by atoms with Crippen LogP contribution >= 0.6 is 0 Å². The van der Waals surface area contributed by atoms with E-state index in [2.05, 4.69) is 0 Å². The number of carbonyl (C=O) groups is 1. The molecule has 2 rings (SSSR count). The van der Waals surface area contributed by atoms with Crippen LogP contribution in [0.1, 0.15) is 36.6 Å². The summed E-state index contributed by atoms with van der Waals surface area (Å²) in [6, 6.07) is 7.00. The standard InChI is InChI=1S/C13H15FO2/c1-9-3-5-10(6-4-9)11(14)13(12(15)16)7-2-8-13/h3-6,11H,2,7-8H2,1H3,(H,15,16). The molecule has 1 atom stereocenters. The molecule has 0 bridgehead atoms. The average molecular weight is 222 g/mol.